The van der Waals surface area contributed by atoms with Crippen LogP contribution in [0.3, 0.4) is 0 Å². The number of rotatable bonds is 1. The molecule has 1 aromatic rings. The Kier molecular flexibility index (Phi) is 2.39. The first kappa shape index (κ1) is 12.6. The summed E-state index contributed by atoms with van der Waals surface area (Å²) in [6.45, 7) is 4.88. The zero-order valence-corrected chi connectivity index (χ0v) is 12.3. The van der Waals surface area contributed by atoms with E-state index in [9.17, 15) is 4.79 Å². The van der Waals surface area contributed by atoms with Gasteiger partial charge in [0.25, 0.3) is 0 Å². The summed E-state index contributed by atoms with van der Waals surface area (Å²) in [4.78, 5) is 12.0. The van der Waals surface area contributed by atoms with Crippen molar-refractivity contribution in [1.29, 1.82) is 0 Å². The zero-order chi connectivity index (χ0) is 14.7. The van der Waals surface area contributed by atoms with E-state index >= 15 is 0 Å². The van der Waals surface area contributed by atoms with Crippen LogP contribution in [0.5, 0.6) is 0 Å². The van der Waals surface area contributed by atoms with Crippen molar-refractivity contribution < 1.29 is 9.53 Å². The molecule has 2 aliphatic carbocycles. The average molecular weight is 278 g/mol. The van der Waals surface area contributed by atoms with Gasteiger partial charge < -0.3 is 4.74 Å². The van der Waals surface area contributed by atoms with E-state index in [2.05, 4.69) is 62.4 Å². The number of carbonyl (C=O) groups is 1. The molecule has 2 atom stereocenters. The first-order chi connectivity index (χ1) is 10.0. The summed E-state index contributed by atoms with van der Waals surface area (Å²) in [6.07, 6.45) is 8.76. The van der Waals surface area contributed by atoms with Gasteiger partial charge in [0.05, 0.1) is 5.41 Å². The Morgan fingerprint density at radius 2 is 1.95 bits per heavy atom. The maximum absolute atomic E-state index is 12.0. The van der Waals surface area contributed by atoms with E-state index < -0.39 is 0 Å². The number of benzene rings is 1. The Labute approximate surface area is 124 Å². The number of cyclic esters (lactones) is 1. The second-order valence-corrected chi connectivity index (χ2v) is 6.79. The number of hydrogen-bond donors (Lipinski definition) is 0. The van der Waals surface area contributed by atoms with Crippen LogP contribution in [0.25, 0.3) is 5.57 Å². The third kappa shape index (κ3) is 1.62. The predicted octanol–water partition coefficient (Wildman–Crippen LogP) is 3.77. The Bertz CT molecular complexity index is 706. The summed E-state index contributed by atoms with van der Waals surface area (Å²) >= 11 is 0. The fourth-order valence-corrected chi connectivity index (χ4v) is 4.01. The second kappa shape index (κ2) is 3.97. The van der Waals surface area contributed by atoms with E-state index in [4.69, 9.17) is 4.74 Å². The molecule has 0 bridgehead atoms. The van der Waals surface area contributed by atoms with Gasteiger partial charge >= 0.3 is 5.97 Å². The molecule has 0 radical (unpaired) electrons. The van der Waals surface area contributed by atoms with Crippen molar-refractivity contribution in [3.05, 3.63) is 65.8 Å². The molecule has 0 aromatic heterocycles. The van der Waals surface area contributed by atoms with Gasteiger partial charge in [0.15, 0.2) is 0 Å². The highest BCUT2D eigenvalue weighted by Gasteiger charge is 2.58. The van der Waals surface area contributed by atoms with Gasteiger partial charge in [0, 0.05) is 11.5 Å². The van der Waals surface area contributed by atoms with Gasteiger partial charge in [-0.3, -0.25) is 0 Å². The summed E-state index contributed by atoms with van der Waals surface area (Å²) in [5.74, 6) is 0.124. The van der Waals surface area contributed by atoms with Crippen molar-refractivity contribution in [2.75, 3.05) is 6.61 Å². The molecule has 0 N–H and O–H groups in total. The zero-order valence-electron chi connectivity index (χ0n) is 12.3. The van der Waals surface area contributed by atoms with Gasteiger partial charge in [-0.1, -0.05) is 68.5 Å². The summed E-state index contributed by atoms with van der Waals surface area (Å²) < 4.78 is 5.33. The minimum atomic E-state index is -0.251. The van der Waals surface area contributed by atoms with Crippen LogP contribution in [0.1, 0.15) is 19.4 Å². The second-order valence-electron chi connectivity index (χ2n) is 6.79. The molecular formula is C19H18O2. The first-order valence-corrected chi connectivity index (χ1v) is 7.40. The predicted molar refractivity (Wildman–Crippen MR) is 82.3 cm³/mol. The molecule has 1 saturated heterocycles. The number of allylic oxidation sites excluding steroid dienone is 4. The van der Waals surface area contributed by atoms with E-state index in [1.165, 1.54) is 11.1 Å². The minimum Gasteiger partial charge on any atom is -0.461 e. The van der Waals surface area contributed by atoms with Gasteiger partial charge in [-0.05, 0) is 16.6 Å². The monoisotopic (exact) mass is 278 g/mol. The van der Waals surface area contributed by atoms with Crippen LogP contribution in [-0.2, 0) is 9.53 Å². The minimum absolute atomic E-state index is 0.0282. The molecule has 1 heterocycles. The van der Waals surface area contributed by atoms with Gasteiger partial charge in [-0.25, -0.2) is 4.79 Å². The number of carbonyl (C=O) groups excluding carboxylic acids is 1. The van der Waals surface area contributed by atoms with Gasteiger partial charge in [0.2, 0.25) is 0 Å². The molecule has 0 amide bonds. The van der Waals surface area contributed by atoms with E-state index in [1.807, 2.05) is 6.07 Å². The standard InChI is InChI=1S/C19H18O2/c1-18(2)11-15-17(20)21-12-19(15)9-8-14(10-16(18)19)13-6-4-3-5-7-13/h3-11,16H,12H2,1-2H3. The van der Waals surface area contributed by atoms with Crippen molar-refractivity contribution in [3.63, 3.8) is 0 Å². The van der Waals surface area contributed by atoms with Crippen LogP contribution < -0.4 is 0 Å². The molecule has 3 aliphatic rings. The van der Waals surface area contributed by atoms with Crippen LogP contribution >= 0.6 is 0 Å². The molecule has 1 aliphatic heterocycles. The molecule has 0 saturated carbocycles. The highest BCUT2D eigenvalue weighted by Crippen LogP contribution is 2.59. The van der Waals surface area contributed by atoms with Crippen LogP contribution in [0.4, 0.5) is 0 Å². The fourth-order valence-electron chi connectivity index (χ4n) is 4.01. The van der Waals surface area contributed by atoms with Gasteiger partial charge in [-0.2, -0.15) is 0 Å². The highest BCUT2D eigenvalue weighted by molar-refractivity contribution is 5.95. The number of esters is 1. The van der Waals surface area contributed by atoms with Crippen LogP contribution in [-0.4, -0.2) is 12.6 Å². The molecule has 2 unspecified atom stereocenters. The Morgan fingerprint density at radius 3 is 2.71 bits per heavy atom. The van der Waals surface area contributed by atoms with E-state index in [0.717, 1.165) is 5.57 Å². The molecule has 2 heteroatoms. The van der Waals surface area contributed by atoms with Gasteiger partial charge in [-0.15, -0.1) is 0 Å². The summed E-state index contributed by atoms with van der Waals surface area (Å²) in [6, 6.07) is 10.4. The first-order valence-electron chi connectivity index (χ1n) is 7.40. The van der Waals surface area contributed by atoms with Crippen molar-refractivity contribution in [2.24, 2.45) is 16.7 Å². The maximum Gasteiger partial charge on any atom is 0.334 e. The largest absolute Gasteiger partial charge is 0.461 e. The Balaban J connectivity index is 1.82. The summed E-state index contributed by atoms with van der Waals surface area (Å²) in [5.41, 5.74) is 3.02. The normalized spacial score (nSPS) is 32.1. The SMILES string of the molecule is CC1(C)C=C2C(=O)OCC23C=CC(c2ccccc2)=CC13. The summed E-state index contributed by atoms with van der Waals surface area (Å²) in [5, 5.41) is 0. The molecule has 4 rings (SSSR count). The lowest BCUT2D eigenvalue weighted by Crippen LogP contribution is -2.34. The van der Waals surface area contributed by atoms with Gasteiger partial charge in [0.1, 0.15) is 6.61 Å². The van der Waals surface area contributed by atoms with Crippen molar-refractivity contribution in [2.45, 2.75) is 13.8 Å². The maximum atomic E-state index is 12.0. The number of ether oxygens (including phenoxy) is 1. The molecule has 106 valence electrons. The lowest BCUT2D eigenvalue weighted by Gasteiger charge is -2.37. The van der Waals surface area contributed by atoms with Crippen LogP contribution in [0, 0.1) is 16.7 Å². The average Bonchev–Trinajstić information content (AvgIpc) is 2.90. The van der Waals surface area contributed by atoms with E-state index in [0.29, 0.717) is 6.61 Å². The quantitative estimate of drug-likeness (QED) is 0.731. The highest BCUT2D eigenvalue weighted by atomic mass is 16.5. The van der Waals surface area contributed by atoms with Crippen molar-refractivity contribution in [3.8, 4) is 0 Å². The lowest BCUT2D eigenvalue weighted by molar-refractivity contribution is -0.135. The third-order valence-corrected chi connectivity index (χ3v) is 5.05. The lowest BCUT2D eigenvalue weighted by atomic mass is 9.65. The Morgan fingerprint density at radius 1 is 1.19 bits per heavy atom. The molecule has 21 heavy (non-hydrogen) atoms. The summed E-state index contributed by atoms with van der Waals surface area (Å²) in [7, 11) is 0. The number of hydrogen-bond acceptors (Lipinski definition) is 2. The molecule has 1 fully saturated rings. The topological polar surface area (TPSA) is 26.3 Å². The Hall–Kier alpha value is -2.09. The van der Waals surface area contributed by atoms with E-state index in [-0.39, 0.29) is 22.7 Å². The fraction of sp³-hybridized carbons (Fsp3) is 0.316. The third-order valence-electron chi connectivity index (χ3n) is 5.05. The van der Waals surface area contributed by atoms with E-state index in [1.54, 1.807) is 0 Å². The smallest absolute Gasteiger partial charge is 0.334 e. The van der Waals surface area contributed by atoms with Crippen LogP contribution in [0.15, 0.2) is 60.2 Å². The molecule has 1 spiro atoms. The molecule has 2 nitrogen and oxygen atoms in total. The van der Waals surface area contributed by atoms with Crippen molar-refractivity contribution in [1.82, 2.24) is 0 Å². The van der Waals surface area contributed by atoms with Crippen LogP contribution in [0.2, 0.25) is 0 Å². The molecule has 1 aromatic carbocycles. The van der Waals surface area contributed by atoms with Crippen molar-refractivity contribution >= 4 is 11.5 Å². The molecular weight excluding hydrogens is 260 g/mol.